The Kier molecular flexibility index (Phi) is 4.27. The average molecular weight is 276 g/mol. The predicted octanol–water partition coefficient (Wildman–Crippen LogP) is 2.96. The maximum atomic E-state index is 12.3. The van der Waals surface area contributed by atoms with Crippen molar-refractivity contribution in [2.75, 3.05) is 18.4 Å². The molecule has 0 aromatic heterocycles. The SMILES string of the molecule is Cc1cccc(C(=O)O)c1NC(=O)N1CCCC(C)C1. The number of rotatable bonds is 2. The lowest BCUT2D eigenvalue weighted by Crippen LogP contribution is -2.41. The van der Waals surface area contributed by atoms with Crippen LogP contribution in [0.25, 0.3) is 0 Å². The number of amides is 2. The van der Waals surface area contributed by atoms with Gasteiger partial charge in [-0.15, -0.1) is 0 Å². The number of carbonyl (C=O) groups excluding carboxylic acids is 1. The minimum Gasteiger partial charge on any atom is -0.478 e. The Balaban J connectivity index is 2.17. The van der Waals surface area contributed by atoms with Crippen LogP contribution in [0.15, 0.2) is 18.2 Å². The zero-order valence-corrected chi connectivity index (χ0v) is 11.8. The van der Waals surface area contributed by atoms with E-state index >= 15 is 0 Å². The Morgan fingerprint density at radius 3 is 2.80 bits per heavy atom. The second-order valence-corrected chi connectivity index (χ2v) is 5.43. The van der Waals surface area contributed by atoms with Crippen molar-refractivity contribution in [3.05, 3.63) is 29.3 Å². The summed E-state index contributed by atoms with van der Waals surface area (Å²) in [5.74, 6) is -0.540. The van der Waals surface area contributed by atoms with Crippen molar-refractivity contribution in [3.8, 4) is 0 Å². The standard InChI is InChI=1S/C15H20N2O3/c1-10-5-4-8-17(9-10)15(20)16-13-11(2)6-3-7-12(13)14(18)19/h3,6-7,10H,4-5,8-9H2,1-2H3,(H,16,20)(H,18,19). The number of nitrogens with zero attached hydrogens (tertiary/aromatic N) is 1. The van der Waals surface area contributed by atoms with Crippen LogP contribution in [0.1, 0.15) is 35.7 Å². The molecule has 1 atom stereocenters. The summed E-state index contributed by atoms with van der Waals surface area (Å²) in [6, 6.07) is 4.76. The highest BCUT2D eigenvalue weighted by atomic mass is 16.4. The number of likely N-dealkylation sites (tertiary alicyclic amines) is 1. The first-order valence-electron chi connectivity index (χ1n) is 6.88. The number of urea groups is 1. The molecule has 0 bridgehead atoms. The molecule has 5 heteroatoms. The molecule has 1 saturated heterocycles. The van der Waals surface area contributed by atoms with Crippen LogP contribution >= 0.6 is 0 Å². The molecule has 1 aromatic carbocycles. The Morgan fingerprint density at radius 2 is 2.15 bits per heavy atom. The molecule has 108 valence electrons. The first-order valence-corrected chi connectivity index (χ1v) is 6.88. The second kappa shape index (κ2) is 5.94. The number of anilines is 1. The normalized spacial score (nSPS) is 18.7. The number of hydrogen-bond donors (Lipinski definition) is 2. The van der Waals surface area contributed by atoms with E-state index in [2.05, 4.69) is 12.2 Å². The molecule has 1 heterocycles. The average Bonchev–Trinajstić information content (AvgIpc) is 2.40. The van der Waals surface area contributed by atoms with Crippen LogP contribution in [0, 0.1) is 12.8 Å². The summed E-state index contributed by atoms with van der Waals surface area (Å²) in [7, 11) is 0. The van der Waals surface area contributed by atoms with Gasteiger partial charge in [-0.25, -0.2) is 9.59 Å². The summed E-state index contributed by atoms with van der Waals surface area (Å²) in [6.45, 7) is 5.36. The van der Waals surface area contributed by atoms with Gasteiger partial charge in [0.15, 0.2) is 0 Å². The second-order valence-electron chi connectivity index (χ2n) is 5.43. The highest BCUT2D eigenvalue weighted by Gasteiger charge is 2.22. The smallest absolute Gasteiger partial charge is 0.337 e. The number of piperidine rings is 1. The van der Waals surface area contributed by atoms with Gasteiger partial charge in [-0.1, -0.05) is 19.1 Å². The minimum absolute atomic E-state index is 0.128. The van der Waals surface area contributed by atoms with E-state index in [-0.39, 0.29) is 11.6 Å². The van der Waals surface area contributed by atoms with Crippen molar-refractivity contribution in [3.63, 3.8) is 0 Å². The number of carboxylic acid groups (broad SMARTS) is 1. The van der Waals surface area contributed by atoms with Crippen LogP contribution in [0.3, 0.4) is 0 Å². The number of carboxylic acids is 1. The van der Waals surface area contributed by atoms with Gasteiger partial charge in [0, 0.05) is 13.1 Å². The van der Waals surface area contributed by atoms with Crippen LogP contribution < -0.4 is 5.32 Å². The number of nitrogens with one attached hydrogen (secondary N) is 1. The zero-order valence-electron chi connectivity index (χ0n) is 11.8. The fourth-order valence-corrected chi connectivity index (χ4v) is 2.57. The van der Waals surface area contributed by atoms with Crippen molar-refractivity contribution < 1.29 is 14.7 Å². The molecule has 0 spiro atoms. The summed E-state index contributed by atoms with van der Waals surface area (Å²) in [5.41, 5.74) is 1.27. The van der Waals surface area contributed by atoms with Crippen LogP contribution in [0.4, 0.5) is 10.5 Å². The maximum Gasteiger partial charge on any atom is 0.337 e. The molecule has 5 nitrogen and oxygen atoms in total. The number of aromatic carboxylic acids is 1. The van der Waals surface area contributed by atoms with Gasteiger partial charge in [-0.2, -0.15) is 0 Å². The van der Waals surface area contributed by atoms with E-state index in [0.29, 0.717) is 11.6 Å². The molecule has 2 amide bonds. The monoisotopic (exact) mass is 276 g/mol. The van der Waals surface area contributed by atoms with Crippen LogP contribution in [0.5, 0.6) is 0 Å². The van der Waals surface area contributed by atoms with E-state index in [4.69, 9.17) is 0 Å². The maximum absolute atomic E-state index is 12.3. The lowest BCUT2D eigenvalue weighted by Gasteiger charge is -2.31. The van der Waals surface area contributed by atoms with E-state index in [1.165, 1.54) is 6.07 Å². The molecule has 2 rings (SSSR count). The van der Waals surface area contributed by atoms with Crippen LogP contribution in [-0.4, -0.2) is 35.1 Å². The van der Waals surface area contributed by atoms with Gasteiger partial charge in [0.2, 0.25) is 0 Å². The molecule has 0 aliphatic carbocycles. The van der Waals surface area contributed by atoms with E-state index < -0.39 is 5.97 Å². The third-order valence-corrected chi connectivity index (χ3v) is 3.68. The number of hydrogen-bond acceptors (Lipinski definition) is 2. The molecule has 20 heavy (non-hydrogen) atoms. The molecule has 1 unspecified atom stereocenters. The highest BCUT2D eigenvalue weighted by Crippen LogP contribution is 2.22. The predicted molar refractivity (Wildman–Crippen MR) is 77.1 cm³/mol. The van der Waals surface area contributed by atoms with E-state index in [1.807, 2.05) is 0 Å². The molecule has 0 radical (unpaired) electrons. The first kappa shape index (κ1) is 14.4. The van der Waals surface area contributed by atoms with Gasteiger partial charge in [-0.3, -0.25) is 0 Å². The van der Waals surface area contributed by atoms with Crippen molar-refractivity contribution in [1.82, 2.24) is 4.90 Å². The van der Waals surface area contributed by atoms with Gasteiger partial charge < -0.3 is 15.3 Å². The Bertz CT molecular complexity index is 528. The van der Waals surface area contributed by atoms with Gasteiger partial charge in [-0.05, 0) is 37.3 Å². The quantitative estimate of drug-likeness (QED) is 0.872. The summed E-state index contributed by atoms with van der Waals surface area (Å²) in [5, 5.41) is 11.9. The van der Waals surface area contributed by atoms with E-state index in [9.17, 15) is 14.7 Å². The highest BCUT2D eigenvalue weighted by molar-refractivity contribution is 6.01. The number of para-hydroxylation sites is 1. The van der Waals surface area contributed by atoms with Gasteiger partial charge in [0.05, 0.1) is 11.3 Å². The molecule has 1 aliphatic heterocycles. The third kappa shape index (κ3) is 3.10. The van der Waals surface area contributed by atoms with Crippen LogP contribution in [-0.2, 0) is 0 Å². The van der Waals surface area contributed by atoms with Crippen molar-refractivity contribution >= 4 is 17.7 Å². The van der Waals surface area contributed by atoms with Gasteiger partial charge in [0.1, 0.15) is 0 Å². The first-order chi connectivity index (χ1) is 9.49. The number of benzene rings is 1. The Morgan fingerprint density at radius 1 is 1.40 bits per heavy atom. The third-order valence-electron chi connectivity index (χ3n) is 3.68. The summed E-state index contributed by atoms with van der Waals surface area (Å²) in [4.78, 5) is 25.2. The van der Waals surface area contributed by atoms with Crippen LogP contribution in [0.2, 0.25) is 0 Å². The largest absolute Gasteiger partial charge is 0.478 e. The summed E-state index contributed by atoms with van der Waals surface area (Å²) < 4.78 is 0. The fraction of sp³-hybridized carbons (Fsp3) is 0.467. The van der Waals surface area contributed by atoms with Crippen molar-refractivity contribution in [2.45, 2.75) is 26.7 Å². The fourth-order valence-electron chi connectivity index (χ4n) is 2.57. The van der Waals surface area contributed by atoms with E-state index in [1.54, 1.807) is 24.0 Å². The zero-order chi connectivity index (χ0) is 14.7. The lowest BCUT2D eigenvalue weighted by molar-refractivity contribution is 0.0698. The molecule has 1 fully saturated rings. The number of aryl methyl sites for hydroxylation is 1. The molecular weight excluding hydrogens is 256 g/mol. The molecule has 1 aromatic rings. The van der Waals surface area contributed by atoms with Crippen molar-refractivity contribution in [2.24, 2.45) is 5.92 Å². The van der Waals surface area contributed by atoms with Crippen molar-refractivity contribution in [1.29, 1.82) is 0 Å². The molecular formula is C15H20N2O3. The summed E-state index contributed by atoms with van der Waals surface area (Å²) >= 11 is 0. The number of carbonyl (C=O) groups is 2. The summed E-state index contributed by atoms with van der Waals surface area (Å²) in [6.07, 6.45) is 2.13. The Hall–Kier alpha value is -2.04. The minimum atomic E-state index is -1.03. The Labute approximate surface area is 118 Å². The topological polar surface area (TPSA) is 69.6 Å². The lowest BCUT2D eigenvalue weighted by atomic mass is 10.0. The van der Waals surface area contributed by atoms with Gasteiger partial charge in [0.25, 0.3) is 0 Å². The molecule has 1 aliphatic rings. The molecule has 2 N–H and O–H groups in total. The van der Waals surface area contributed by atoms with Gasteiger partial charge >= 0.3 is 12.0 Å². The molecule has 0 saturated carbocycles. The van der Waals surface area contributed by atoms with E-state index in [0.717, 1.165) is 31.5 Å².